The van der Waals surface area contributed by atoms with Crippen LogP contribution in [0.2, 0.25) is 0 Å². The van der Waals surface area contributed by atoms with Crippen LogP contribution in [-0.4, -0.2) is 37.4 Å². The number of carbonyl (C=O) groups is 2. The van der Waals surface area contributed by atoms with Gasteiger partial charge in [-0.1, -0.05) is 0 Å². The number of ether oxygens (including phenoxy) is 2. The topological polar surface area (TPSA) is 72.8 Å². The Morgan fingerprint density at radius 1 is 1.46 bits per heavy atom. The van der Waals surface area contributed by atoms with Crippen LogP contribution in [0.4, 0.5) is 0 Å². The second-order valence-corrected chi connectivity index (χ2v) is 2.99. The molecule has 0 saturated heterocycles. The summed E-state index contributed by atoms with van der Waals surface area (Å²) in [5, 5.41) is 8.91. The van der Waals surface area contributed by atoms with E-state index in [1.807, 2.05) is 0 Å². The lowest BCUT2D eigenvalue weighted by atomic mass is 9.93. The van der Waals surface area contributed by atoms with Crippen molar-refractivity contribution in [3.05, 3.63) is 0 Å². The fraction of sp³-hybridized carbons (Fsp3) is 0.750. The van der Waals surface area contributed by atoms with E-state index in [-0.39, 0.29) is 6.61 Å². The summed E-state index contributed by atoms with van der Waals surface area (Å²) in [7, 11) is 1.21. The predicted octanol–water partition coefficient (Wildman–Crippen LogP) is -0.279. The van der Waals surface area contributed by atoms with E-state index in [1.165, 1.54) is 21.0 Å². The average molecular weight is 190 g/mol. The highest BCUT2D eigenvalue weighted by molar-refractivity contribution is 5.77. The molecular formula is C8H14O5. The molecular weight excluding hydrogens is 176 g/mol. The van der Waals surface area contributed by atoms with Gasteiger partial charge in [-0.2, -0.15) is 0 Å². The Morgan fingerprint density at radius 2 is 2.00 bits per heavy atom. The zero-order valence-corrected chi connectivity index (χ0v) is 7.99. The van der Waals surface area contributed by atoms with E-state index in [0.29, 0.717) is 0 Å². The predicted molar refractivity (Wildman–Crippen MR) is 43.8 cm³/mol. The molecule has 0 bridgehead atoms. The first-order valence-corrected chi connectivity index (χ1v) is 3.79. The van der Waals surface area contributed by atoms with Gasteiger partial charge in [0.15, 0.2) is 0 Å². The first-order valence-electron chi connectivity index (χ1n) is 3.79. The highest BCUT2D eigenvalue weighted by Crippen LogP contribution is 2.17. The number of aliphatic hydroxyl groups excluding tert-OH is 1. The van der Waals surface area contributed by atoms with Crippen LogP contribution in [-0.2, 0) is 19.1 Å². The second-order valence-electron chi connectivity index (χ2n) is 2.99. The molecule has 0 spiro atoms. The van der Waals surface area contributed by atoms with Crippen molar-refractivity contribution in [2.75, 3.05) is 20.3 Å². The third kappa shape index (κ3) is 3.42. The summed E-state index contributed by atoms with van der Waals surface area (Å²) in [6.45, 7) is 2.09. The Morgan fingerprint density at radius 3 is 2.31 bits per heavy atom. The van der Waals surface area contributed by atoms with Gasteiger partial charge < -0.3 is 14.6 Å². The first-order chi connectivity index (χ1) is 5.96. The van der Waals surface area contributed by atoms with Gasteiger partial charge in [0.1, 0.15) is 12.0 Å². The molecule has 1 unspecified atom stereocenters. The van der Waals surface area contributed by atoms with Gasteiger partial charge in [0.2, 0.25) is 0 Å². The van der Waals surface area contributed by atoms with Crippen LogP contribution >= 0.6 is 0 Å². The largest absolute Gasteiger partial charge is 0.468 e. The summed E-state index contributed by atoms with van der Waals surface area (Å²) >= 11 is 0. The minimum Gasteiger partial charge on any atom is -0.468 e. The number of hydrogen-bond acceptors (Lipinski definition) is 5. The SMILES string of the molecule is COC(=O)C(C)(CO)COC(C)=O. The highest BCUT2D eigenvalue weighted by Gasteiger charge is 2.35. The molecule has 1 atom stereocenters. The number of hydrogen-bond donors (Lipinski definition) is 1. The van der Waals surface area contributed by atoms with Crippen molar-refractivity contribution in [2.45, 2.75) is 13.8 Å². The normalized spacial score (nSPS) is 14.5. The van der Waals surface area contributed by atoms with Gasteiger partial charge in [0, 0.05) is 6.92 Å². The third-order valence-corrected chi connectivity index (χ3v) is 1.62. The summed E-state index contributed by atoms with van der Waals surface area (Å²) < 4.78 is 9.07. The Bertz CT molecular complexity index is 201. The molecule has 0 aromatic carbocycles. The number of methoxy groups -OCH3 is 1. The van der Waals surface area contributed by atoms with Gasteiger partial charge in [-0.15, -0.1) is 0 Å². The van der Waals surface area contributed by atoms with Crippen molar-refractivity contribution in [1.29, 1.82) is 0 Å². The maximum absolute atomic E-state index is 11.1. The quantitative estimate of drug-likeness (QED) is 0.617. The molecule has 0 fully saturated rings. The maximum Gasteiger partial charge on any atom is 0.317 e. The average Bonchev–Trinajstić information content (AvgIpc) is 2.12. The van der Waals surface area contributed by atoms with Gasteiger partial charge in [-0.3, -0.25) is 9.59 Å². The van der Waals surface area contributed by atoms with Crippen LogP contribution in [0.1, 0.15) is 13.8 Å². The lowest BCUT2D eigenvalue weighted by molar-refractivity contribution is -0.162. The van der Waals surface area contributed by atoms with Crippen LogP contribution in [0.5, 0.6) is 0 Å². The van der Waals surface area contributed by atoms with E-state index in [2.05, 4.69) is 9.47 Å². The Kier molecular flexibility index (Phi) is 4.40. The van der Waals surface area contributed by atoms with Crippen molar-refractivity contribution in [3.63, 3.8) is 0 Å². The van der Waals surface area contributed by atoms with E-state index >= 15 is 0 Å². The molecule has 0 aliphatic rings. The fourth-order valence-corrected chi connectivity index (χ4v) is 0.676. The van der Waals surface area contributed by atoms with Crippen LogP contribution in [0.3, 0.4) is 0 Å². The molecule has 0 radical (unpaired) electrons. The van der Waals surface area contributed by atoms with Gasteiger partial charge >= 0.3 is 11.9 Å². The van der Waals surface area contributed by atoms with Crippen LogP contribution in [0, 0.1) is 5.41 Å². The number of carbonyl (C=O) groups excluding carboxylic acids is 2. The molecule has 0 aromatic rings. The van der Waals surface area contributed by atoms with Gasteiger partial charge in [0.05, 0.1) is 13.7 Å². The van der Waals surface area contributed by atoms with Gasteiger partial charge in [-0.25, -0.2) is 0 Å². The van der Waals surface area contributed by atoms with Crippen LogP contribution in [0.15, 0.2) is 0 Å². The second kappa shape index (κ2) is 4.81. The maximum atomic E-state index is 11.1. The summed E-state index contributed by atoms with van der Waals surface area (Å²) in [5.41, 5.74) is -1.17. The standard InChI is InChI=1S/C8H14O5/c1-6(10)13-5-8(2,4-9)7(11)12-3/h9H,4-5H2,1-3H3. The monoisotopic (exact) mass is 190 g/mol. The first kappa shape index (κ1) is 11.9. The summed E-state index contributed by atoms with van der Waals surface area (Å²) in [6.07, 6.45) is 0. The summed E-state index contributed by atoms with van der Waals surface area (Å²) in [4.78, 5) is 21.6. The van der Waals surface area contributed by atoms with Crippen molar-refractivity contribution in [1.82, 2.24) is 0 Å². The summed E-state index contributed by atoms with van der Waals surface area (Å²) in [6, 6.07) is 0. The molecule has 0 aromatic heterocycles. The minimum atomic E-state index is -1.17. The molecule has 5 heteroatoms. The molecule has 0 aliphatic carbocycles. The smallest absolute Gasteiger partial charge is 0.317 e. The van der Waals surface area contributed by atoms with Crippen molar-refractivity contribution >= 4 is 11.9 Å². The lowest BCUT2D eigenvalue weighted by Crippen LogP contribution is -2.38. The Balaban J connectivity index is 4.27. The zero-order chi connectivity index (χ0) is 10.5. The third-order valence-electron chi connectivity index (χ3n) is 1.62. The minimum absolute atomic E-state index is 0.175. The van der Waals surface area contributed by atoms with E-state index in [9.17, 15) is 9.59 Å². The molecule has 76 valence electrons. The van der Waals surface area contributed by atoms with E-state index < -0.39 is 24.0 Å². The van der Waals surface area contributed by atoms with E-state index in [0.717, 1.165) is 0 Å². The van der Waals surface area contributed by atoms with Gasteiger partial charge in [-0.05, 0) is 6.92 Å². The molecule has 0 heterocycles. The molecule has 0 aliphatic heterocycles. The fourth-order valence-electron chi connectivity index (χ4n) is 0.676. The van der Waals surface area contributed by atoms with Crippen molar-refractivity contribution in [2.24, 2.45) is 5.41 Å². The van der Waals surface area contributed by atoms with Crippen molar-refractivity contribution in [3.8, 4) is 0 Å². The highest BCUT2D eigenvalue weighted by atomic mass is 16.5. The number of aliphatic hydroxyl groups is 1. The van der Waals surface area contributed by atoms with Crippen LogP contribution in [0.25, 0.3) is 0 Å². The molecule has 1 N–H and O–H groups in total. The van der Waals surface area contributed by atoms with Gasteiger partial charge in [0.25, 0.3) is 0 Å². The van der Waals surface area contributed by atoms with Crippen LogP contribution < -0.4 is 0 Å². The van der Waals surface area contributed by atoms with E-state index in [1.54, 1.807) is 0 Å². The zero-order valence-electron chi connectivity index (χ0n) is 7.99. The molecule has 5 nitrogen and oxygen atoms in total. The van der Waals surface area contributed by atoms with E-state index in [4.69, 9.17) is 5.11 Å². The lowest BCUT2D eigenvalue weighted by Gasteiger charge is -2.22. The summed E-state index contributed by atoms with van der Waals surface area (Å²) in [5.74, 6) is -1.10. The Hall–Kier alpha value is -1.10. The molecule has 0 rings (SSSR count). The number of esters is 2. The molecule has 0 saturated carbocycles. The molecule has 0 amide bonds. The molecule has 13 heavy (non-hydrogen) atoms. The Labute approximate surface area is 76.6 Å². The van der Waals surface area contributed by atoms with Crippen molar-refractivity contribution < 1.29 is 24.2 Å². The number of rotatable bonds is 4.